The van der Waals surface area contributed by atoms with E-state index in [-0.39, 0.29) is 23.6 Å². The molecule has 0 saturated heterocycles. The third kappa shape index (κ3) is 3.74. The number of nitrogens with one attached hydrogen (secondary N) is 1. The SMILES string of the molecule is CCN1CCOc2ccc(S(=O)(=O)NCCC(C)=O)cc21. The molecule has 1 aliphatic heterocycles. The number of ether oxygens (including phenoxy) is 1. The van der Waals surface area contributed by atoms with E-state index < -0.39 is 10.0 Å². The number of sulfonamides is 1. The number of anilines is 1. The van der Waals surface area contributed by atoms with Crippen LogP contribution in [0, 0.1) is 0 Å². The summed E-state index contributed by atoms with van der Waals surface area (Å²) in [6.45, 7) is 5.69. The highest BCUT2D eigenvalue weighted by atomic mass is 32.2. The normalized spacial score (nSPS) is 14.5. The zero-order chi connectivity index (χ0) is 15.5. The Morgan fingerprint density at radius 1 is 1.43 bits per heavy atom. The van der Waals surface area contributed by atoms with Gasteiger partial charge in [-0.1, -0.05) is 0 Å². The molecule has 0 fully saturated rings. The molecular formula is C14H20N2O4S. The van der Waals surface area contributed by atoms with Gasteiger partial charge < -0.3 is 9.64 Å². The molecule has 0 atom stereocenters. The first-order valence-corrected chi connectivity index (χ1v) is 8.43. The fourth-order valence-electron chi connectivity index (χ4n) is 2.19. The van der Waals surface area contributed by atoms with Gasteiger partial charge in [0.25, 0.3) is 0 Å². The Morgan fingerprint density at radius 3 is 2.86 bits per heavy atom. The minimum Gasteiger partial charge on any atom is -0.490 e. The molecular weight excluding hydrogens is 292 g/mol. The summed E-state index contributed by atoms with van der Waals surface area (Å²) in [6, 6.07) is 4.82. The highest BCUT2D eigenvalue weighted by Crippen LogP contribution is 2.33. The van der Waals surface area contributed by atoms with Crippen LogP contribution in [0.1, 0.15) is 20.3 Å². The number of carbonyl (C=O) groups is 1. The van der Waals surface area contributed by atoms with Crippen molar-refractivity contribution in [3.8, 4) is 5.75 Å². The lowest BCUT2D eigenvalue weighted by Gasteiger charge is -2.30. The molecule has 1 N–H and O–H groups in total. The Labute approximate surface area is 125 Å². The summed E-state index contributed by atoms with van der Waals surface area (Å²) in [5.74, 6) is 0.652. The van der Waals surface area contributed by atoms with Gasteiger partial charge in [-0.3, -0.25) is 4.79 Å². The van der Waals surface area contributed by atoms with Gasteiger partial charge in [-0.15, -0.1) is 0 Å². The summed E-state index contributed by atoms with van der Waals surface area (Å²) in [6.07, 6.45) is 0.189. The average Bonchev–Trinajstić information content (AvgIpc) is 2.45. The maximum atomic E-state index is 12.2. The summed E-state index contributed by atoms with van der Waals surface area (Å²) < 4.78 is 32.4. The Bertz CT molecular complexity index is 628. The van der Waals surface area contributed by atoms with E-state index in [4.69, 9.17) is 4.74 Å². The minimum atomic E-state index is -3.61. The van der Waals surface area contributed by atoms with E-state index in [0.717, 1.165) is 18.8 Å². The van der Waals surface area contributed by atoms with Crippen LogP contribution >= 0.6 is 0 Å². The van der Waals surface area contributed by atoms with Crippen LogP contribution in [-0.2, 0) is 14.8 Å². The molecule has 0 saturated carbocycles. The number of likely N-dealkylation sites (N-methyl/N-ethyl adjacent to an activating group) is 1. The van der Waals surface area contributed by atoms with Crippen molar-refractivity contribution >= 4 is 21.5 Å². The third-order valence-corrected chi connectivity index (χ3v) is 4.81. The number of nitrogens with zero attached hydrogens (tertiary/aromatic N) is 1. The smallest absolute Gasteiger partial charge is 0.240 e. The van der Waals surface area contributed by atoms with Crippen molar-refractivity contribution in [3.05, 3.63) is 18.2 Å². The van der Waals surface area contributed by atoms with Crippen molar-refractivity contribution in [1.29, 1.82) is 0 Å². The van der Waals surface area contributed by atoms with Gasteiger partial charge in [0.05, 0.1) is 17.1 Å². The molecule has 0 spiro atoms. The quantitative estimate of drug-likeness (QED) is 0.853. The standard InChI is InChI=1S/C14H20N2O4S/c1-3-16-8-9-20-14-5-4-12(10-13(14)16)21(18,19)15-7-6-11(2)17/h4-5,10,15H,3,6-9H2,1-2H3. The molecule has 1 aromatic carbocycles. The van der Waals surface area contributed by atoms with Gasteiger partial charge in [-0.05, 0) is 32.0 Å². The van der Waals surface area contributed by atoms with Crippen molar-refractivity contribution in [2.24, 2.45) is 0 Å². The summed E-state index contributed by atoms with van der Waals surface area (Å²) in [5.41, 5.74) is 0.790. The van der Waals surface area contributed by atoms with Crippen molar-refractivity contribution in [2.75, 3.05) is 31.1 Å². The molecule has 116 valence electrons. The second-order valence-electron chi connectivity index (χ2n) is 4.91. The van der Waals surface area contributed by atoms with Gasteiger partial charge >= 0.3 is 0 Å². The molecule has 1 aromatic rings. The predicted octanol–water partition coefficient (Wildman–Crippen LogP) is 1.16. The summed E-state index contributed by atoms with van der Waals surface area (Å²) in [5, 5.41) is 0. The maximum absolute atomic E-state index is 12.2. The van der Waals surface area contributed by atoms with E-state index in [9.17, 15) is 13.2 Å². The van der Waals surface area contributed by atoms with Gasteiger partial charge in [-0.25, -0.2) is 13.1 Å². The predicted molar refractivity (Wildman–Crippen MR) is 80.3 cm³/mol. The Balaban J connectivity index is 2.22. The van der Waals surface area contributed by atoms with E-state index in [1.165, 1.54) is 13.0 Å². The van der Waals surface area contributed by atoms with Crippen LogP contribution in [0.5, 0.6) is 5.75 Å². The largest absolute Gasteiger partial charge is 0.490 e. The van der Waals surface area contributed by atoms with E-state index in [1.807, 2.05) is 6.92 Å². The van der Waals surface area contributed by atoms with Crippen molar-refractivity contribution < 1.29 is 17.9 Å². The summed E-state index contributed by atoms with van der Waals surface area (Å²) in [4.78, 5) is 13.1. The first kappa shape index (κ1) is 15.8. The number of hydrogen-bond donors (Lipinski definition) is 1. The number of carbonyl (C=O) groups excluding carboxylic acids is 1. The minimum absolute atomic E-state index is 0.0475. The van der Waals surface area contributed by atoms with Crippen LogP contribution in [0.4, 0.5) is 5.69 Å². The zero-order valence-corrected chi connectivity index (χ0v) is 13.1. The summed E-state index contributed by atoms with van der Waals surface area (Å²) >= 11 is 0. The molecule has 0 aliphatic carbocycles. The molecule has 21 heavy (non-hydrogen) atoms. The zero-order valence-electron chi connectivity index (χ0n) is 12.3. The fourth-order valence-corrected chi connectivity index (χ4v) is 3.24. The van der Waals surface area contributed by atoms with Crippen LogP contribution in [0.3, 0.4) is 0 Å². The van der Waals surface area contributed by atoms with E-state index in [1.54, 1.807) is 12.1 Å². The number of rotatable bonds is 6. The van der Waals surface area contributed by atoms with E-state index in [2.05, 4.69) is 9.62 Å². The second kappa shape index (κ2) is 6.44. The molecule has 0 bridgehead atoms. The first-order chi connectivity index (χ1) is 9.94. The van der Waals surface area contributed by atoms with E-state index >= 15 is 0 Å². The van der Waals surface area contributed by atoms with E-state index in [0.29, 0.717) is 12.4 Å². The monoisotopic (exact) mass is 312 g/mol. The molecule has 6 nitrogen and oxygen atoms in total. The lowest BCUT2D eigenvalue weighted by atomic mass is 10.2. The van der Waals surface area contributed by atoms with Crippen molar-refractivity contribution in [3.63, 3.8) is 0 Å². The average molecular weight is 312 g/mol. The van der Waals surface area contributed by atoms with Gasteiger partial charge in [0, 0.05) is 19.5 Å². The second-order valence-corrected chi connectivity index (χ2v) is 6.67. The third-order valence-electron chi connectivity index (χ3n) is 3.35. The molecule has 0 unspecified atom stereocenters. The highest BCUT2D eigenvalue weighted by molar-refractivity contribution is 7.89. The Morgan fingerprint density at radius 2 is 2.19 bits per heavy atom. The lowest BCUT2D eigenvalue weighted by Crippen LogP contribution is -2.33. The molecule has 0 aromatic heterocycles. The van der Waals surface area contributed by atoms with Crippen LogP contribution in [-0.4, -0.2) is 40.4 Å². The van der Waals surface area contributed by atoms with Gasteiger partial charge in [-0.2, -0.15) is 0 Å². The van der Waals surface area contributed by atoms with Crippen molar-refractivity contribution in [2.45, 2.75) is 25.2 Å². The molecule has 1 aliphatic rings. The highest BCUT2D eigenvalue weighted by Gasteiger charge is 2.21. The topological polar surface area (TPSA) is 75.7 Å². The number of Topliss-reactive ketones (excluding diaryl/α,β-unsaturated/α-hetero) is 1. The van der Waals surface area contributed by atoms with Gasteiger partial charge in [0.15, 0.2) is 0 Å². The van der Waals surface area contributed by atoms with Gasteiger partial charge in [0.2, 0.25) is 10.0 Å². The molecule has 0 amide bonds. The Hall–Kier alpha value is -1.60. The molecule has 7 heteroatoms. The molecule has 2 rings (SSSR count). The number of ketones is 1. The number of fused-ring (bicyclic) bond motifs is 1. The van der Waals surface area contributed by atoms with Crippen LogP contribution in [0.15, 0.2) is 23.1 Å². The first-order valence-electron chi connectivity index (χ1n) is 6.95. The fraction of sp³-hybridized carbons (Fsp3) is 0.500. The lowest BCUT2D eigenvalue weighted by molar-refractivity contribution is -0.116. The molecule has 0 radical (unpaired) electrons. The van der Waals surface area contributed by atoms with Crippen LogP contribution in [0.2, 0.25) is 0 Å². The van der Waals surface area contributed by atoms with Gasteiger partial charge in [0.1, 0.15) is 18.1 Å². The number of benzene rings is 1. The Kier molecular flexibility index (Phi) is 4.84. The van der Waals surface area contributed by atoms with Crippen LogP contribution < -0.4 is 14.4 Å². The van der Waals surface area contributed by atoms with Crippen molar-refractivity contribution in [1.82, 2.24) is 4.72 Å². The van der Waals surface area contributed by atoms with Crippen LogP contribution in [0.25, 0.3) is 0 Å². The molecule has 1 heterocycles. The number of hydrogen-bond acceptors (Lipinski definition) is 5. The summed E-state index contributed by atoms with van der Waals surface area (Å²) in [7, 11) is -3.61. The maximum Gasteiger partial charge on any atom is 0.240 e.